The molecule has 1 aromatic carbocycles. The maximum absolute atomic E-state index is 11.0. The van der Waals surface area contributed by atoms with E-state index in [9.17, 15) is 4.79 Å². The molecule has 0 amide bonds. The highest BCUT2D eigenvalue weighted by atomic mass is 35.5. The third-order valence-electron chi connectivity index (χ3n) is 2.45. The van der Waals surface area contributed by atoms with Crippen molar-refractivity contribution in [2.75, 3.05) is 13.2 Å². The van der Waals surface area contributed by atoms with Gasteiger partial charge in [0.1, 0.15) is 10.8 Å². The number of benzene rings is 1. The smallest absolute Gasteiger partial charge is 0.349 e. The topological polar surface area (TPSA) is 35.5 Å². The molecule has 19 heavy (non-hydrogen) atoms. The molecule has 0 heterocycles. The highest BCUT2D eigenvalue weighted by Crippen LogP contribution is 2.09. The lowest BCUT2D eigenvalue weighted by Crippen LogP contribution is -2.05. The van der Waals surface area contributed by atoms with E-state index in [1.54, 1.807) is 0 Å². The minimum Gasteiger partial charge on any atom is -0.494 e. The minimum atomic E-state index is -0.536. The Balaban J connectivity index is 1.92. The minimum absolute atomic E-state index is 0.0755. The van der Waals surface area contributed by atoms with Crippen LogP contribution < -0.4 is 4.74 Å². The van der Waals surface area contributed by atoms with E-state index in [2.05, 4.69) is 12.6 Å². The second-order valence-corrected chi connectivity index (χ2v) is 4.50. The van der Waals surface area contributed by atoms with Gasteiger partial charge in [-0.25, -0.2) is 4.79 Å². The zero-order chi connectivity index (χ0) is 13.9. The Morgan fingerprint density at radius 1 is 1.16 bits per heavy atom. The molecule has 0 saturated heterocycles. The number of carbonyl (C=O) groups is 1. The Bertz CT molecular complexity index is 390. The molecule has 0 unspecified atom stereocenters. The van der Waals surface area contributed by atoms with Crippen molar-refractivity contribution in [3.63, 3.8) is 0 Å². The van der Waals surface area contributed by atoms with Crippen molar-refractivity contribution in [2.24, 2.45) is 0 Å². The highest BCUT2D eigenvalue weighted by Gasteiger charge is 2.03. The first-order valence-corrected chi connectivity index (χ1v) is 6.68. The standard InChI is InChI=1S/C15H18ClO3/c1-13(16)15(17)19-12-8-3-2-7-11-18-14-9-5-4-6-10-14/h5-6,9-10H,1-3,7-8,11-12H2. The molecule has 0 saturated carbocycles. The molecule has 0 N–H and O–H groups in total. The largest absolute Gasteiger partial charge is 0.494 e. The van der Waals surface area contributed by atoms with Crippen molar-refractivity contribution in [1.29, 1.82) is 0 Å². The first-order valence-electron chi connectivity index (χ1n) is 6.30. The quantitative estimate of drug-likeness (QED) is 0.393. The summed E-state index contributed by atoms with van der Waals surface area (Å²) in [7, 11) is 0. The van der Waals surface area contributed by atoms with Crippen molar-refractivity contribution in [3.05, 3.63) is 41.9 Å². The molecule has 0 aliphatic carbocycles. The Morgan fingerprint density at radius 2 is 1.79 bits per heavy atom. The summed E-state index contributed by atoms with van der Waals surface area (Å²) in [6, 6.07) is 10.4. The van der Waals surface area contributed by atoms with E-state index < -0.39 is 5.97 Å². The van der Waals surface area contributed by atoms with Crippen LogP contribution in [0.1, 0.15) is 25.7 Å². The summed E-state index contributed by atoms with van der Waals surface area (Å²) in [6.07, 6.45) is 3.84. The van der Waals surface area contributed by atoms with Crippen LogP contribution in [-0.2, 0) is 9.53 Å². The Labute approximate surface area is 119 Å². The molecular formula is C15H18ClO3. The maximum atomic E-state index is 11.0. The summed E-state index contributed by atoms with van der Waals surface area (Å²) < 4.78 is 10.4. The number of ether oxygens (including phenoxy) is 2. The van der Waals surface area contributed by atoms with E-state index in [1.165, 1.54) is 0 Å². The molecule has 0 spiro atoms. The van der Waals surface area contributed by atoms with Gasteiger partial charge in [-0.05, 0) is 43.9 Å². The summed E-state index contributed by atoms with van der Waals surface area (Å²) in [4.78, 5) is 11.0. The maximum Gasteiger partial charge on any atom is 0.349 e. The number of esters is 1. The van der Waals surface area contributed by atoms with E-state index in [1.807, 2.05) is 24.3 Å². The average Bonchev–Trinajstić information content (AvgIpc) is 2.42. The molecule has 0 fully saturated rings. The molecule has 0 atom stereocenters. The van der Waals surface area contributed by atoms with Crippen LogP contribution in [0, 0.1) is 6.07 Å². The fourth-order valence-corrected chi connectivity index (χ4v) is 1.51. The number of unbranched alkanes of at least 4 members (excludes halogenated alkanes) is 3. The lowest BCUT2D eigenvalue weighted by atomic mass is 10.2. The molecule has 0 bridgehead atoms. The van der Waals surface area contributed by atoms with Crippen LogP contribution in [0.15, 0.2) is 35.9 Å². The Kier molecular flexibility index (Phi) is 7.75. The van der Waals surface area contributed by atoms with Gasteiger partial charge in [-0.3, -0.25) is 0 Å². The molecule has 3 nitrogen and oxygen atoms in total. The normalized spacial score (nSPS) is 9.95. The first-order chi connectivity index (χ1) is 9.20. The first kappa shape index (κ1) is 15.6. The van der Waals surface area contributed by atoms with E-state index in [4.69, 9.17) is 21.1 Å². The van der Waals surface area contributed by atoms with Crippen LogP contribution in [0.2, 0.25) is 0 Å². The average molecular weight is 282 g/mol. The molecular weight excluding hydrogens is 264 g/mol. The third kappa shape index (κ3) is 7.52. The van der Waals surface area contributed by atoms with Crippen LogP contribution in [0.3, 0.4) is 0 Å². The van der Waals surface area contributed by atoms with Crippen LogP contribution in [-0.4, -0.2) is 19.2 Å². The van der Waals surface area contributed by atoms with Crippen molar-refractivity contribution >= 4 is 17.6 Å². The summed E-state index contributed by atoms with van der Waals surface area (Å²) in [5.41, 5.74) is 0. The molecule has 0 aromatic heterocycles. The molecule has 4 heteroatoms. The SMILES string of the molecule is C=C(Cl)C(=O)OCCCCCCOc1cc[c]cc1. The van der Waals surface area contributed by atoms with Gasteiger partial charge in [0.15, 0.2) is 0 Å². The van der Waals surface area contributed by atoms with Crippen LogP contribution in [0.4, 0.5) is 0 Å². The van der Waals surface area contributed by atoms with E-state index >= 15 is 0 Å². The summed E-state index contributed by atoms with van der Waals surface area (Å²) in [5, 5.41) is -0.0755. The molecule has 103 valence electrons. The van der Waals surface area contributed by atoms with Crippen LogP contribution >= 0.6 is 11.6 Å². The molecule has 0 aliphatic rings. The van der Waals surface area contributed by atoms with Crippen molar-refractivity contribution < 1.29 is 14.3 Å². The number of hydrogen-bond acceptors (Lipinski definition) is 3. The lowest BCUT2D eigenvalue weighted by Gasteiger charge is -2.06. The van der Waals surface area contributed by atoms with Crippen molar-refractivity contribution in [2.45, 2.75) is 25.7 Å². The third-order valence-corrected chi connectivity index (χ3v) is 2.60. The summed E-state index contributed by atoms with van der Waals surface area (Å²) in [5.74, 6) is 0.333. The van der Waals surface area contributed by atoms with Gasteiger partial charge in [0.25, 0.3) is 0 Å². The van der Waals surface area contributed by atoms with Gasteiger partial charge < -0.3 is 9.47 Å². The monoisotopic (exact) mass is 281 g/mol. The van der Waals surface area contributed by atoms with Crippen molar-refractivity contribution in [1.82, 2.24) is 0 Å². The van der Waals surface area contributed by atoms with Crippen LogP contribution in [0.25, 0.3) is 0 Å². The second-order valence-electron chi connectivity index (χ2n) is 4.04. The number of hydrogen-bond donors (Lipinski definition) is 0. The van der Waals surface area contributed by atoms with Gasteiger partial charge in [-0.15, -0.1) is 0 Å². The zero-order valence-corrected chi connectivity index (χ0v) is 11.6. The molecule has 1 radical (unpaired) electrons. The van der Waals surface area contributed by atoms with Crippen molar-refractivity contribution in [3.8, 4) is 5.75 Å². The highest BCUT2D eigenvalue weighted by molar-refractivity contribution is 6.40. The van der Waals surface area contributed by atoms with E-state index in [0.717, 1.165) is 31.4 Å². The molecule has 0 aliphatic heterocycles. The van der Waals surface area contributed by atoms with Gasteiger partial charge in [0.2, 0.25) is 0 Å². The summed E-state index contributed by atoms with van der Waals surface area (Å²) >= 11 is 5.38. The molecule has 1 aromatic rings. The van der Waals surface area contributed by atoms with E-state index in [-0.39, 0.29) is 5.03 Å². The van der Waals surface area contributed by atoms with Gasteiger partial charge in [-0.1, -0.05) is 30.3 Å². The fraction of sp³-hybridized carbons (Fsp3) is 0.400. The Hall–Kier alpha value is -1.48. The van der Waals surface area contributed by atoms with Gasteiger partial charge in [-0.2, -0.15) is 0 Å². The summed E-state index contributed by atoms with van der Waals surface area (Å²) in [6.45, 7) is 4.38. The predicted molar refractivity (Wildman–Crippen MR) is 75.2 cm³/mol. The lowest BCUT2D eigenvalue weighted by molar-refractivity contribution is -0.138. The molecule has 1 rings (SSSR count). The number of halogens is 1. The number of rotatable bonds is 9. The van der Waals surface area contributed by atoms with Gasteiger partial charge >= 0.3 is 5.97 Å². The predicted octanol–water partition coefficient (Wildman–Crippen LogP) is 3.72. The number of carbonyl (C=O) groups excluding carboxylic acids is 1. The van der Waals surface area contributed by atoms with Gasteiger partial charge in [0.05, 0.1) is 13.2 Å². The second kappa shape index (κ2) is 9.45. The fourth-order valence-electron chi connectivity index (χ4n) is 1.46. The van der Waals surface area contributed by atoms with Gasteiger partial charge in [0, 0.05) is 0 Å². The zero-order valence-electron chi connectivity index (χ0n) is 10.9. The van der Waals surface area contributed by atoms with E-state index in [0.29, 0.717) is 13.2 Å². The van der Waals surface area contributed by atoms with Crippen LogP contribution in [0.5, 0.6) is 5.75 Å². The Morgan fingerprint density at radius 3 is 2.42 bits per heavy atom.